The molecule has 1 saturated carbocycles. The smallest absolute Gasteiger partial charge is 0.349 e. The molecule has 0 saturated heterocycles. The second-order valence-electron chi connectivity index (χ2n) is 6.30. The van der Waals surface area contributed by atoms with Crippen molar-refractivity contribution in [1.82, 2.24) is 5.32 Å². The van der Waals surface area contributed by atoms with E-state index in [-0.39, 0.29) is 18.9 Å². The van der Waals surface area contributed by atoms with Crippen LogP contribution in [0, 0.1) is 17.8 Å². The van der Waals surface area contributed by atoms with Gasteiger partial charge in [0, 0.05) is 12.5 Å². The van der Waals surface area contributed by atoms with Crippen LogP contribution >= 0.6 is 0 Å². The molecule has 3 unspecified atom stereocenters. The van der Waals surface area contributed by atoms with Crippen LogP contribution in [-0.2, 0) is 4.79 Å². The Hall–Kier alpha value is -0.780. The quantitative estimate of drug-likeness (QED) is 0.837. The van der Waals surface area contributed by atoms with E-state index in [9.17, 15) is 18.0 Å². The van der Waals surface area contributed by atoms with Crippen LogP contribution in [0.25, 0.3) is 0 Å². The number of halogens is 3. The molecule has 0 aromatic rings. The van der Waals surface area contributed by atoms with E-state index < -0.39 is 29.5 Å². The maximum Gasteiger partial charge on any atom is 0.392 e. The highest BCUT2D eigenvalue weighted by Gasteiger charge is 2.48. The number of hydrogen-bond acceptors (Lipinski definition) is 2. The molecule has 3 nitrogen and oxygen atoms in total. The second kappa shape index (κ2) is 6.33. The normalized spacial score (nSPS) is 27.2. The third kappa shape index (κ3) is 3.87. The highest BCUT2D eigenvalue weighted by molar-refractivity contribution is 5.80. The molecule has 1 aliphatic carbocycles. The highest BCUT2D eigenvalue weighted by atomic mass is 19.4. The molecule has 0 spiro atoms. The molecule has 0 aromatic carbocycles. The summed E-state index contributed by atoms with van der Waals surface area (Å²) in [5, 5.41) is 2.75. The Morgan fingerprint density at radius 2 is 1.85 bits per heavy atom. The molecule has 3 atom stereocenters. The number of amides is 1. The predicted octanol–water partition coefficient (Wildman–Crippen LogP) is 2.84. The Kier molecular flexibility index (Phi) is 5.46. The molecule has 20 heavy (non-hydrogen) atoms. The van der Waals surface area contributed by atoms with Gasteiger partial charge in [-0.1, -0.05) is 26.7 Å². The molecule has 3 N–H and O–H groups in total. The zero-order valence-corrected chi connectivity index (χ0v) is 12.4. The van der Waals surface area contributed by atoms with Gasteiger partial charge in [0.15, 0.2) is 0 Å². The van der Waals surface area contributed by atoms with Crippen LogP contribution in [0.5, 0.6) is 0 Å². The minimum atomic E-state index is -4.31. The molecule has 6 heteroatoms. The summed E-state index contributed by atoms with van der Waals surface area (Å²) in [6, 6.07) is 0. The highest BCUT2D eigenvalue weighted by Crippen LogP contribution is 2.41. The lowest BCUT2D eigenvalue weighted by Crippen LogP contribution is -2.57. The van der Waals surface area contributed by atoms with Crippen LogP contribution in [0.2, 0.25) is 0 Å². The molecular weight excluding hydrogens is 269 g/mol. The number of hydrogen-bond donors (Lipinski definition) is 2. The number of carbonyl (C=O) groups is 1. The minimum absolute atomic E-state index is 0.0443. The first kappa shape index (κ1) is 17.3. The lowest BCUT2D eigenvalue weighted by Gasteiger charge is -2.38. The maximum absolute atomic E-state index is 13.0. The molecule has 1 fully saturated rings. The molecular formula is C14H25F3N2O. The predicted molar refractivity (Wildman–Crippen MR) is 71.9 cm³/mol. The number of nitrogens with two attached hydrogens (primary N) is 1. The first-order valence-corrected chi connectivity index (χ1v) is 7.20. The van der Waals surface area contributed by atoms with Gasteiger partial charge in [-0.15, -0.1) is 0 Å². The van der Waals surface area contributed by atoms with Crippen LogP contribution in [0.4, 0.5) is 13.2 Å². The Morgan fingerprint density at radius 1 is 1.30 bits per heavy atom. The standard InChI is InChI=1S/C14H25F3N2O/c1-9(2)13(3,8-18)19-12(20)10-6-4-5-7-11(10)14(15,16)17/h9-11H,4-8,18H2,1-3H3,(H,19,20). The Bertz CT molecular complexity index is 344. The van der Waals surface area contributed by atoms with Gasteiger partial charge in [0.05, 0.1) is 11.5 Å². The van der Waals surface area contributed by atoms with E-state index in [2.05, 4.69) is 5.32 Å². The first-order chi connectivity index (χ1) is 9.12. The topological polar surface area (TPSA) is 55.1 Å². The molecule has 0 aromatic heterocycles. The molecule has 1 aliphatic rings. The van der Waals surface area contributed by atoms with E-state index in [1.54, 1.807) is 6.92 Å². The van der Waals surface area contributed by atoms with E-state index in [1.165, 1.54) is 0 Å². The fraction of sp³-hybridized carbons (Fsp3) is 0.929. The van der Waals surface area contributed by atoms with Gasteiger partial charge in [0.25, 0.3) is 0 Å². The van der Waals surface area contributed by atoms with E-state index >= 15 is 0 Å². The van der Waals surface area contributed by atoms with Crippen molar-refractivity contribution in [2.45, 2.75) is 58.2 Å². The average molecular weight is 294 g/mol. The Balaban J connectivity index is 2.83. The van der Waals surface area contributed by atoms with Crippen molar-refractivity contribution in [3.63, 3.8) is 0 Å². The molecule has 1 amide bonds. The second-order valence-corrected chi connectivity index (χ2v) is 6.30. The fourth-order valence-electron chi connectivity index (χ4n) is 2.64. The van der Waals surface area contributed by atoms with Crippen LogP contribution in [0.1, 0.15) is 46.5 Å². The third-order valence-electron chi connectivity index (χ3n) is 4.63. The zero-order chi connectivity index (χ0) is 15.6. The van der Waals surface area contributed by atoms with Gasteiger partial charge in [0.2, 0.25) is 5.91 Å². The summed E-state index contributed by atoms with van der Waals surface area (Å²) in [5.74, 6) is -2.95. The van der Waals surface area contributed by atoms with Crippen molar-refractivity contribution in [1.29, 1.82) is 0 Å². The SMILES string of the molecule is CC(C)C(C)(CN)NC(=O)C1CCCCC1C(F)(F)F. The number of nitrogens with one attached hydrogen (secondary N) is 1. The molecule has 0 radical (unpaired) electrons. The van der Waals surface area contributed by atoms with Crippen LogP contribution < -0.4 is 11.1 Å². The van der Waals surface area contributed by atoms with Gasteiger partial charge in [-0.3, -0.25) is 4.79 Å². The van der Waals surface area contributed by atoms with E-state index in [0.717, 1.165) is 0 Å². The van der Waals surface area contributed by atoms with Gasteiger partial charge in [0.1, 0.15) is 0 Å². The Labute approximate surface area is 118 Å². The summed E-state index contributed by atoms with van der Waals surface area (Å²) >= 11 is 0. The number of carbonyl (C=O) groups excluding carboxylic acids is 1. The van der Waals surface area contributed by atoms with Gasteiger partial charge in [-0.2, -0.15) is 13.2 Å². The molecule has 118 valence electrons. The average Bonchev–Trinajstić information content (AvgIpc) is 2.37. The lowest BCUT2D eigenvalue weighted by atomic mass is 9.77. The molecule has 0 bridgehead atoms. The third-order valence-corrected chi connectivity index (χ3v) is 4.63. The monoisotopic (exact) mass is 294 g/mol. The number of alkyl halides is 3. The summed E-state index contributed by atoms with van der Waals surface area (Å²) in [6.45, 7) is 5.78. The molecule has 0 aliphatic heterocycles. The zero-order valence-electron chi connectivity index (χ0n) is 12.4. The van der Waals surface area contributed by atoms with Crippen molar-refractivity contribution in [3.8, 4) is 0 Å². The Morgan fingerprint density at radius 3 is 2.30 bits per heavy atom. The first-order valence-electron chi connectivity index (χ1n) is 7.20. The van der Waals surface area contributed by atoms with Crippen molar-refractivity contribution in [3.05, 3.63) is 0 Å². The summed E-state index contributed by atoms with van der Waals surface area (Å²) in [5.41, 5.74) is 5.01. The largest absolute Gasteiger partial charge is 0.392 e. The summed E-state index contributed by atoms with van der Waals surface area (Å²) in [7, 11) is 0. The number of rotatable bonds is 4. The van der Waals surface area contributed by atoms with Crippen LogP contribution in [0.3, 0.4) is 0 Å². The van der Waals surface area contributed by atoms with Crippen LogP contribution in [-0.4, -0.2) is 24.2 Å². The van der Waals surface area contributed by atoms with Crippen molar-refractivity contribution in [2.75, 3.05) is 6.54 Å². The van der Waals surface area contributed by atoms with Crippen molar-refractivity contribution >= 4 is 5.91 Å². The van der Waals surface area contributed by atoms with Crippen LogP contribution in [0.15, 0.2) is 0 Å². The van der Waals surface area contributed by atoms with E-state index in [1.807, 2.05) is 13.8 Å². The van der Waals surface area contributed by atoms with Gasteiger partial charge in [-0.25, -0.2) is 0 Å². The van der Waals surface area contributed by atoms with Gasteiger partial charge >= 0.3 is 6.18 Å². The maximum atomic E-state index is 13.0. The van der Waals surface area contributed by atoms with E-state index in [0.29, 0.717) is 19.3 Å². The van der Waals surface area contributed by atoms with Crippen molar-refractivity contribution < 1.29 is 18.0 Å². The van der Waals surface area contributed by atoms with E-state index in [4.69, 9.17) is 5.73 Å². The molecule has 1 rings (SSSR count). The summed E-state index contributed by atoms with van der Waals surface area (Å²) in [4.78, 5) is 12.3. The minimum Gasteiger partial charge on any atom is -0.349 e. The van der Waals surface area contributed by atoms with Gasteiger partial charge < -0.3 is 11.1 Å². The fourth-order valence-corrected chi connectivity index (χ4v) is 2.64. The summed E-state index contributed by atoms with van der Waals surface area (Å²) < 4.78 is 39.1. The summed E-state index contributed by atoms with van der Waals surface area (Å²) in [6.07, 6.45) is -2.76. The molecule has 0 heterocycles. The van der Waals surface area contributed by atoms with Gasteiger partial charge in [-0.05, 0) is 25.7 Å². The van der Waals surface area contributed by atoms with Crippen molar-refractivity contribution in [2.24, 2.45) is 23.5 Å². The lowest BCUT2D eigenvalue weighted by molar-refractivity contribution is -0.198.